The summed E-state index contributed by atoms with van der Waals surface area (Å²) < 4.78 is 0. The molecule has 3 rings (SSSR count). The van der Waals surface area contributed by atoms with E-state index in [0.29, 0.717) is 5.92 Å². The molecule has 0 saturated carbocycles. The largest absolute Gasteiger partial charge is 0.481 e. The molecule has 2 aromatic heterocycles. The van der Waals surface area contributed by atoms with Gasteiger partial charge in [0, 0.05) is 25.7 Å². The predicted octanol–water partition coefficient (Wildman–Crippen LogP) is 2.04. The van der Waals surface area contributed by atoms with Gasteiger partial charge in [0.05, 0.1) is 5.39 Å². The second-order valence-electron chi connectivity index (χ2n) is 5.32. The van der Waals surface area contributed by atoms with Crippen molar-refractivity contribution in [2.75, 3.05) is 18.0 Å². The van der Waals surface area contributed by atoms with E-state index in [2.05, 4.69) is 19.9 Å². The zero-order chi connectivity index (χ0) is 13.9. The second-order valence-corrected chi connectivity index (χ2v) is 5.32. The summed E-state index contributed by atoms with van der Waals surface area (Å²) in [6, 6.07) is 1.99. The van der Waals surface area contributed by atoms with Crippen LogP contribution >= 0.6 is 0 Å². The molecule has 106 valence electrons. The Morgan fingerprint density at radius 1 is 1.50 bits per heavy atom. The number of fused-ring (bicyclic) bond motifs is 1. The number of hydrogen-bond acceptors (Lipinski definition) is 4. The molecule has 0 radical (unpaired) electrons. The van der Waals surface area contributed by atoms with Crippen LogP contribution in [-0.2, 0) is 4.79 Å². The van der Waals surface area contributed by atoms with Crippen LogP contribution in [-0.4, -0.2) is 39.1 Å². The van der Waals surface area contributed by atoms with Crippen LogP contribution < -0.4 is 4.90 Å². The van der Waals surface area contributed by atoms with Gasteiger partial charge in [-0.3, -0.25) is 4.79 Å². The molecule has 0 unspecified atom stereocenters. The van der Waals surface area contributed by atoms with Crippen molar-refractivity contribution in [3.8, 4) is 0 Å². The molecule has 0 spiro atoms. The minimum atomic E-state index is -0.711. The van der Waals surface area contributed by atoms with E-state index >= 15 is 0 Å². The number of aromatic amines is 1. The molecule has 1 fully saturated rings. The van der Waals surface area contributed by atoms with Gasteiger partial charge in [-0.2, -0.15) is 0 Å². The number of carboxylic acids is 1. The van der Waals surface area contributed by atoms with Crippen LogP contribution in [0.3, 0.4) is 0 Å². The number of piperidine rings is 1. The summed E-state index contributed by atoms with van der Waals surface area (Å²) in [5.74, 6) is 0.678. The maximum absolute atomic E-state index is 10.7. The molecule has 1 saturated heterocycles. The minimum absolute atomic E-state index is 0.252. The van der Waals surface area contributed by atoms with E-state index in [1.807, 2.05) is 12.3 Å². The quantitative estimate of drug-likeness (QED) is 0.891. The zero-order valence-corrected chi connectivity index (χ0v) is 11.2. The standard InChI is InChI=1S/C14H18N4O2/c19-12(20)4-3-10-2-1-7-18(8-10)14-11-5-6-15-13(11)16-9-17-14/h5-6,9-10H,1-4,7-8H2,(H,19,20)(H,15,16,17)/t10-/m0/s1. The summed E-state index contributed by atoms with van der Waals surface area (Å²) in [6.45, 7) is 1.85. The predicted molar refractivity (Wildman–Crippen MR) is 75.7 cm³/mol. The molecule has 3 heterocycles. The van der Waals surface area contributed by atoms with Crippen molar-refractivity contribution < 1.29 is 9.90 Å². The lowest BCUT2D eigenvalue weighted by molar-refractivity contribution is -0.137. The third-order valence-corrected chi connectivity index (χ3v) is 3.92. The average Bonchev–Trinajstić information content (AvgIpc) is 2.93. The Morgan fingerprint density at radius 3 is 3.25 bits per heavy atom. The van der Waals surface area contributed by atoms with E-state index in [4.69, 9.17) is 5.11 Å². The number of hydrogen-bond donors (Lipinski definition) is 2. The van der Waals surface area contributed by atoms with E-state index in [0.717, 1.165) is 49.2 Å². The van der Waals surface area contributed by atoms with Crippen molar-refractivity contribution >= 4 is 22.8 Å². The molecule has 0 aliphatic carbocycles. The number of aliphatic carboxylic acids is 1. The summed E-state index contributed by atoms with van der Waals surface area (Å²) in [6.07, 6.45) is 6.63. The number of H-pyrrole nitrogens is 1. The highest BCUT2D eigenvalue weighted by Crippen LogP contribution is 2.28. The minimum Gasteiger partial charge on any atom is -0.481 e. The monoisotopic (exact) mass is 274 g/mol. The van der Waals surface area contributed by atoms with Gasteiger partial charge in [0.15, 0.2) is 0 Å². The lowest BCUT2D eigenvalue weighted by Gasteiger charge is -2.33. The molecule has 6 nitrogen and oxygen atoms in total. The van der Waals surface area contributed by atoms with Crippen LogP contribution in [0.1, 0.15) is 25.7 Å². The molecule has 1 aliphatic heterocycles. The molecule has 1 atom stereocenters. The van der Waals surface area contributed by atoms with Gasteiger partial charge in [-0.25, -0.2) is 9.97 Å². The fourth-order valence-corrected chi connectivity index (χ4v) is 2.93. The highest BCUT2D eigenvalue weighted by atomic mass is 16.4. The Kier molecular flexibility index (Phi) is 3.54. The summed E-state index contributed by atoms with van der Waals surface area (Å²) in [4.78, 5) is 24.7. The van der Waals surface area contributed by atoms with Crippen LogP contribution in [0.4, 0.5) is 5.82 Å². The first-order valence-electron chi connectivity index (χ1n) is 6.99. The Labute approximate surface area is 116 Å². The Morgan fingerprint density at radius 2 is 2.40 bits per heavy atom. The van der Waals surface area contributed by atoms with Gasteiger partial charge < -0.3 is 15.0 Å². The molecular formula is C14H18N4O2. The first kappa shape index (κ1) is 12.9. The number of anilines is 1. The van der Waals surface area contributed by atoms with Gasteiger partial charge >= 0.3 is 5.97 Å². The van der Waals surface area contributed by atoms with Gasteiger partial charge in [0.1, 0.15) is 17.8 Å². The molecule has 1 aliphatic rings. The number of aromatic nitrogens is 3. The Balaban J connectivity index is 1.76. The van der Waals surface area contributed by atoms with Gasteiger partial charge in [0.25, 0.3) is 0 Å². The molecule has 0 bridgehead atoms. The molecule has 6 heteroatoms. The molecule has 0 amide bonds. The first-order valence-corrected chi connectivity index (χ1v) is 6.99. The highest BCUT2D eigenvalue weighted by Gasteiger charge is 2.23. The van der Waals surface area contributed by atoms with E-state index in [-0.39, 0.29) is 6.42 Å². The molecule has 2 aromatic rings. The maximum atomic E-state index is 10.7. The van der Waals surface area contributed by atoms with Gasteiger partial charge in [-0.15, -0.1) is 0 Å². The number of rotatable bonds is 4. The second kappa shape index (κ2) is 5.48. The lowest BCUT2D eigenvalue weighted by Crippen LogP contribution is -2.36. The maximum Gasteiger partial charge on any atom is 0.303 e. The van der Waals surface area contributed by atoms with Crippen LogP contribution in [0.25, 0.3) is 11.0 Å². The normalized spacial score (nSPS) is 19.4. The van der Waals surface area contributed by atoms with Crippen molar-refractivity contribution in [3.63, 3.8) is 0 Å². The topological polar surface area (TPSA) is 82.1 Å². The van der Waals surface area contributed by atoms with Crippen molar-refractivity contribution in [1.82, 2.24) is 15.0 Å². The Bertz CT molecular complexity index is 610. The average molecular weight is 274 g/mol. The van der Waals surface area contributed by atoms with Gasteiger partial charge in [-0.05, 0) is 31.2 Å². The van der Waals surface area contributed by atoms with Gasteiger partial charge in [0.2, 0.25) is 0 Å². The van der Waals surface area contributed by atoms with E-state index in [1.54, 1.807) is 6.33 Å². The van der Waals surface area contributed by atoms with Crippen molar-refractivity contribution in [2.45, 2.75) is 25.7 Å². The van der Waals surface area contributed by atoms with Gasteiger partial charge in [-0.1, -0.05) is 0 Å². The number of carboxylic acid groups (broad SMARTS) is 1. The fraction of sp³-hybridized carbons (Fsp3) is 0.500. The highest BCUT2D eigenvalue weighted by molar-refractivity contribution is 5.87. The summed E-state index contributed by atoms with van der Waals surface area (Å²) >= 11 is 0. The smallest absolute Gasteiger partial charge is 0.303 e. The molecular weight excluding hydrogens is 256 g/mol. The number of nitrogens with one attached hydrogen (secondary N) is 1. The number of carbonyl (C=O) groups is 1. The first-order chi connectivity index (χ1) is 9.74. The van der Waals surface area contributed by atoms with Crippen LogP contribution in [0.5, 0.6) is 0 Å². The summed E-state index contributed by atoms with van der Waals surface area (Å²) in [5.41, 5.74) is 0.850. The van der Waals surface area contributed by atoms with E-state index < -0.39 is 5.97 Å². The van der Waals surface area contributed by atoms with Crippen molar-refractivity contribution in [2.24, 2.45) is 5.92 Å². The van der Waals surface area contributed by atoms with E-state index in [9.17, 15) is 4.79 Å². The SMILES string of the molecule is O=C(O)CC[C@@H]1CCCN(c2ncnc3[nH]ccc23)C1. The Hall–Kier alpha value is -2.11. The third kappa shape index (κ3) is 2.59. The zero-order valence-electron chi connectivity index (χ0n) is 11.2. The summed E-state index contributed by atoms with van der Waals surface area (Å²) in [7, 11) is 0. The molecule has 0 aromatic carbocycles. The molecule has 2 N–H and O–H groups in total. The fourth-order valence-electron chi connectivity index (χ4n) is 2.93. The van der Waals surface area contributed by atoms with Crippen LogP contribution in [0.2, 0.25) is 0 Å². The molecule has 20 heavy (non-hydrogen) atoms. The third-order valence-electron chi connectivity index (χ3n) is 3.92. The van der Waals surface area contributed by atoms with E-state index in [1.165, 1.54) is 0 Å². The van der Waals surface area contributed by atoms with Crippen LogP contribution in [0, 0.1) is 5.92 Å². The summed E-state index contributed by atoms with van der Waals surface area (Å²) in [5, 5.41) is 9.84. The van der Waals surface area contributed by atoms with Crippen molar-refractivity contribution in [3.05, 3.63) is 18.6 Å². The van der Waals surface area contributed by atoms with Crippen molar-refractivity contribution in [1.29, 1.82) is 0 Å². The van der Waals surface area contributed by atoms with Crippen LogP contribution in [0.15, 0.2) is 18.6 Å². The number of nitrogens with zero attached hydrogens (tertiary/aromatic N) is 3. The lowest BCUT2D eigenvalue weighted by atomic mass is 9.93.